The molecule has 2 unspecified atom stereocenters. The van der Waals surface area contributed by atoms with Gasteiger partial charge in [0, 0.05) is 17.2 Å². The van der Waals surface area contributed by atoms with Crippen molar-refractivity contribution in [1.82, 2.24) is 0 Å². The molecule has 3 rings (SSSR count). The number of hydrogen-bond acceptors (Lipinski definition) is 1. The lowest BCUT2D eigenvalue weighted by Crippen LogP contribution is -2.55. The van der Waals surface area contributed by atoms with Gasteiger partial charge in [0.1, 0.15) is 11.9 Å². The van der Waals surface area contributed by atoms with E-state index in [9.17, 15) is 0 Å². The van der Waals surface area contributed by atoms with Crippen LogP contribution in [0.15, 0.2) is 30.3 Å². The van der Waals surface area contributed by atoms with Crippen LogP contribution in [0.1, 0.15) is 32.1 Å². The van der Waals surface area contributed by atoms with Crippen LogP contribution in [0.2, 0.25) is 0 Å². The highest BCUT2D eigenvalue weighted by Gasteiger charge is 2.56. The van der Waals surface area contributed by atoms with Gasteiger partial charge < -0.3 is 4.74 Å². The Hall–Kier alpha value is -0.690. The Bertz CT molecular complexity index is 356. The summed E-state index contributed by atoms with van der Waals surface area (Å²) in [6.07, 6.45) is 6.49. The molecule has 1 aromatic rings. The number of benzene rings is 1. The zero-order valence-corrected chi connectivity index (χ0v) is 10.1. The highest BCUT2D eigenvalue weighted by molar-refractivity contribution is 6.21. The summed E-state index contributed by atoms with van der Waals surface area (Å²) < 4.78 is 6.07. The van der Waals surface area contributed by atoms with Crippen molar-refractivity contribution in [2.24, 2.45) is 5.41 Å². The van der Waals surface area contributed by atoms with Crippen LogP contribution in [0.25, 0.3) is 0 Å². The van der Waals surface area contributed by atoms with Gasteiger partial charge in [-0.2, -0.15) is 0 Å². The number of hydrogen-bond donors (Lipinski definition) is 0. The van der Waals surface area contributed by atoms with Gasteiger partial charge in [0.05, 0.1) is 0 Å². The number of halogens is 1. The van der Waals surface area contributed by atoms with Gasteiger partial charge in [-0.1, -0.05) is 31.0 Å². The first-order valence-corrected chi connectivity index (χ1v) is 6.61. The second kappa shape index (κ2) is 3.96. The molecule has 2 aliphatic rings. The molecular weight excluding hydrogens is 220 g/mol. The van der Waals surface area contributed by atoms with E-state index >= 15 is 0 Å². The average Bonchev–Trinajstić information content (AvgIpc) is 2.82. The molecule has 16 heavy (non-hydrogen) atoms. The van der Waals surface area contributed by atoms with Crippen molar-refractivity contribution in [3.05, 3.63) is 30.3 Å². The van der Waals surface area contributed by atoms with E-state index in [1.165, 1.54) is 25.7 Å². The van der Waals surface area contributed by atoms with Gasteiger partial charge in [-0.25, -0.2) is 0 Å². The largest absolute Gasteiger partial charge is 0.490 e. The van der Waals surface area contributed by atoms with Crippen LogP contribution in [0.4, 0.5) is 0 Å². The topological polar surface area (TPSA) is 9.23 Å². The molecule has 0 N–H and O–H groups in total. The SMILES string of the molecule is ClC1CC(Oc2ccccc2)C12CCCC2. The Morgan fingerprint density at radius 2 is 1.81 bits per heavy atom. The Balaban J connectivity index is 1.73. The van der Waals surface area contributed by atoms with E-state index in [0.29, 0.717) is 11.5 Å². The van der Waals surface area contributed by atoms with Crippen LogP contribution in [-0.2, 0) is 0 Å². The Morgan fingerprint density at radius 1 is 1.12 bits per heavy atom. The minimum atomic E-state index is 0.289. The van der Waals surface area contributed by atoms with Gasteiger partial charge >= 0.3 is 0 Å². The van der Waals surface area contributed by atoms with E-state index in [4.69, 9.17) is 16.3 Å². The van der Waals surface area contributed by atoms with Crippen molar-refractivity contribution in [3.8, 4) is 5.75 Å². The quantitative estimate of drug-likeness (QED) is 0.706. The molecule has 1 spiro atoms. The normalized spacial score (nSPS) is 31.3. The summed E-state index contributed by atoms with van der Waals surface area (Å²) in [5.74, 6) is 0.988. The molecule has 0 aromatic heterocycles. The molecule has 0 saturated heterocycles. The fraction of sp³-hybridized carbons (Fsp3) is 0.571. The van der Waals surface area contributed by atoms with E-state index in [0.717, 1.165) is 12.2 Å². The summed E-state index contributed by atoms with van der Waals surface area (Å²) in [6.45, 7) is 0. The van der Waals surface area contributed by atoms with Crippen molar-refractivity contribution >= 4 is 11.6 Å². The molecule has 1 aromatic carbocycles. The average molecular weight is 237 g/mol. The summed E-state index contributed by atoms with van der Waals surface area (Å²) in [6, 6.07) is 10.1. The predicted molar refractivity (Wildman–Crippen MR) is 66.0 cm³/mol. The van der Waals surface area contributed by atoms with Crippen molar-refractivity contribution in [2.45, 2.75) is 43.6 Å². The monoisotopic (exact) mass is 236 g/mol. The van der Waals surface area contributed by atoms with Crippen molar-refractivity contribution < 1.29 is 4.74 Å². The fourth-order valence-electron chi connectivity index (χ4n) is 3.20. The lowest BCUT2D eigenvalue weighted by molar-refractivity contribution is -0.0355. The van der Waals surface area contributed by atoms with Gasteiger partial charge in [-0.05, 0) is 25.0 Å². The first kappa shape index (κ1) is 10.5. The maximum absolute atomic E-state index is 6.39. The summed E-state index contributed by atoms with van der Waals surface area (Å²) in [5, 5.41) is 0.337. The van der Waals surface area contributed by atoms with E-state index in [1.807, 2.05) is 30.3 Å². The zero-order chi connectivity index (χ0) is 11.0. The molecule has 1 nitrogen and oxygen atoms in total. The second-order valence-electron chi connectivity index (χ2n) is 5.06. The van der Waals surface area contributed by atoms with Gasteiger partial charge in [0.2, 0.25) is 0 Å². The minimum Gasteiger partial charge on any atom is -0.490 e. The Morgan fingerprint density at radius 3 is 2.44 bits per heavy atom. The molecule has 0 heterocycles. The standard InChI is InChI=1S/C14H17ClO/c15-12-10-13(14(12)8-4-5-9-14)16-11-6-2-1-3-7-11/h1-3,6-7,12-13H,4-5,8-10H2. The van der Waals surface area contributed by atoms with E-state index in [1.54, 1.807) is 0 Å². The van der Waals surface area contributed by atoms with Crippen molar-refractivity contribution in [3.63, 3.8) is 0 Å². The molecule has 0 bridgehead atoms. The highest BCUT2D eigenvalue weighted by atomic mass is 35.5. The molecule has 2 fully saturated rings. The molecule has 2 aliphatic carbocycles. The molecular formula is C14H17ClO. The smallest absolute Gasteiger partial charge is 0.119 e. The molecule has 86 valence electrons. The zero-order valence-electron chi connectivity index (χ0n) is 9.36. The summed E-state index contributed by atoms with van der Waals surface area (Å²) in [5.41, 5.74) is 0.289. The molecule has 2 saturated carbocycles. The molecule has 0 aliphatic heterocycles. The van der Waals surface area contributed by atoms with Crippen LogP contribution < -0.4 is 4.74 Å². The highest BCUT2D eigenvalue weighted by Crippen LogP contribution is 2.56. The van der Waals surface area contributed by atoms with Gasteiger partial charge in [0.25, 0.3) is 0 Å². The first-order valence-electron chi connectivity index (χ1n) is 6.17. The van der Waals surface area contributed by atoms with E-state index < -0.39 is 0 Å². The van der Waals surface area contributed by atoms with Crippen molar-refractivity contribution in [1.29, 1.82) is 0 Å². The third-order valence-electron chi connectivity index (χ3n) is 4.24. The molecule has 0 amide bonds. The molecule has 0 radical (unpaired) electrons. The van der Waals surface area contributed by atoms with E-state index in [-0.39, 0.29) is 5.41 Å². The van der Waals surface area contributed by atoms with Crippen LogP contribution in [0.5, 0.6) is 5.75 Å². The number of alkyl halides is 1. The van der Waals surface area contributed by atoms with Crippen LogP contribution in [0, 0.1) is 5.41 Å². The van der Waals surface area contributed by atoms with Crippen LogP contribution in [0.3, 0.4) is 0 Å². The predicted octanol–water partition coefficient (Wildman–Crippen LogP) is 4.01. The fourth-order valence-corrected chi connectivity index (χ4v) is 3.72. The number of rotatable bonds is 2. The molecule has 2 atom stereocenters. The number of ether oxygens (including phenoxy) is 1. The van der Waals surface area contributed by atoms with Gasteiger partial charge in [0.15, 0.2) is 0 Å². The van der Waals surface area contributed by atoms with E-state index in [2.05, 4.69) is 0 Å². The Labute approximate surface area is 102 Å². The van der Waals surface area contributed by atoms with Gasteiger partial charge in [-0.3, -0.25) is 0 Å². The van der Waals surface area contributed by atoms with Gasteiger partial charge in [-0.15, -0.1) is 11.6 Å². The lowest BCUT2D eigenvalue weighted by atomic mass is 9.64. The van der Waals surface area contributed by atoms with Crippen LogP contribution in [-0.4, -0.2) is 11.5 Å². The maximum Gasteiger partial charge on any atom is 0.119 e. The maximum atomic E-state index is 6.39. The third-order valence-corrected chi connectivity index (χ3v) is 4.85. The lowest BCUT2D eigenvalue weighted by Gasteiger charge is -2.50. The summed E-state index contributed by atoms with van der Waals surface area (Å²) in [4.78, 5) is 0. The third kappa shape index (κ3) is 1.53. The van der Waals surface area contributed by atoms with Crippen LogP contribution >= 0.6 is 11.6 Å². The minimum absolute atomic E-state index is 0.289. The number of para-hydroxylation sites is 1. The summed E-state index contributed by atoms with van der Waals surface area (Å²) in [7, 11) is 0. The second-order valence-corrected chi connectivity index (χ2v) is 5.59. The molecule has 2 heteroatoms. The summed E-state index contributed by atoms with van der Waals surface area (Å²) >= 11 is 6.39. The first-order chi connectivity index (χ1) is 7.81. The Kier molecular flexibility index (Phi) is 2.59. The van der Waals surface area contributed by atoms with Crippen molar-refractivity contribution in [2.75, 3.05) is 0 Å².